The highest BCUT2D eigenvalue weighted by atomic mass is 16.4. The molecule has 1 saturated heterocycles. The second-order valence-corrected chi connectivity index (χ2v) is 6.28. The predicted octanol–water partition coefficient (Wildman–Crippen LogP) is 3.01. The summed E-state index contributed by atoms with van der Waals surface area (Å²) >= 11 is 0. The Balaban J connectivity index is 1.73. The number of hydrogen-bond acceptors (Lipinski definition) is 3. The molecule has 2 aromatic rings. The van der Waals surface area contributed by atoms with E-state index in [-0.39, 0.29) is 11.5 Å². The highest BCUT2D eigenvalue weighted by Gasteiger charge is 2.36. The lowest BCUT2D eigenvalue weighted by atomic mass is 10.0. The number of carbonyl (C=O) groups is 2. The molecule has 1 atom stereocenters. The zero-order chi connectivity index (χ0) is 16.7. The topological polar surface area (TPSA) is 60.9 Å². The first kappa shape index (κ1) is 14.8. The number of benzene rings is 2. The minimum Gasteiger partial charge on any atom is -0.478 e. The Morgan fingerprint density at radius 2 is 1.75 bits per heavy atom. The molecular formula is C19H18N2O3. The first-order valence-corrected chi connectivity index (χ1v) is 8.16. The third kappa shape index (κ3) is 2.33. The molecule has 1 unspecified atom stereocenters. The maximum Gasteiger partial charge on any atom is 0.335 e. The number of para-hydroxylation sites is 2. The first-order chi connectivity index (χ1) is 11.6. The van der Waals surface area contributed by atoms with E-state index in [4.69, 9.17) is 5.11 Å². The summed E-state index contributed by atoms with van der Waals surface area (Å²) in [6, 6.07) is 14.5. The highest BCUT2D eigenvalue weighted by Crippen LogP contribution is 2.39. The highest BCUT2D eigenvalue weighted by molar-refractivity contribution is 6.09. The molecule has 0 aromatic heterocycles. The van der Waals surface area contributed by atoms with Gasteiger partial charge in [0, 0.05) is 24.7 Å². The number of carboxylic acid groups (broad SMARTS) is 1. The molecule has 2 aliphatic rings. The molecular weight excluding hydrogens is 304 g/mol. The Labute approximate surface area is 140 Å². The van der Waals surface area contributed by atoms with Gasteiger partial charge in [0.25, 0.3) is 5.91 Å². The minimum atomic E-state index is -1.02. The number of nitrogens with zero attached hydrogens (tertiary/aromatic N) is 2. The standard InChI is InChI=1S/C19H18N2O3/c22-18(13-5-3-6-14(11-13)19(23)24)21-12-15-7-4-10-20(15)16-8-1-2-9-17(16)21/h1-3,5-6,8-9,11,15H,4,7,10,12H2,(H,23,24). The summed E-state index contributed by atoms with van der Waals surface area (Å²) in [6.45, 7) is 1.67. The van der Waals surface area contributed by atoms with Crippen LogP contribution in [-0.4, -0.2) is 36.1 Å². The zero-order valence-electron chi connectivity index (χ0n) is 13.2. The number of anilines is 2. The van der Waals surface area contributed by atoms with Crippen LogP contribution in [0, 0.1) is 0 Å². The molecule has 2 aromatic carbocycles. The van der Waals surface area contributed by atoms with E-state index in [2.05, 4.69) is 11.0 Å². The van der Waals surface area contributed by atoms with E-state index in [1.807, 2.05) is 18.2 Å². The maximum absolute atomic E-state index is 13.0. The number of fused-ring (bicyclic) bond motifs is 3. The lowest BCUT2D eigenvalue weighted by Gasteiger charge is -2.40. The monoisotopic (exact) mass is 322 g/mol. The Bertz CT molecular complexity index is 818. The average molecular weight is 322 g/mol. The van der Waals surface area contributed by atoms with Gasteiger partial charge in [0.15, 0.2) is 0 Å². The van der Waals surface area contributed by atoms with E-state index in [1.54, 1.807) is 17.0 Å². The number of carbonyl (C=O) groups excluding carboxylic acids is 1. The van der Waals surface area contributed by atoms with Crippen molar-refractivity contribution in [3.63, 3.8) is 0 Å². The van der Waals surface area contributed by atoms with Crippen molar-refractivity contribution in [2.45, 2.75) is 18.9 Å². The van der Waals surface area contributed by atoms with Gasteiger partial charge in [-0.1, -0.05) is 18.2 Å². The van der Waals surface area contributed by atoms with Crippen LogP contribution >= 0.6 is 0 Å². The Hall–Kier alpha value is -2.82. The second-order valence-electron chi connectivity index (χ2n) is 6.28. The number of rotatable bonds is 2. The Morgan fingerprint density at radius 3 is 2.54 bits per heavy atom. The van der Waals surface area contributed by atoms with E-state index in [0.717, 1.165) is 30.8 Å². The molecule has 0 radical (unpaired) electrons. The summed E-state index contributed by atoms with van der Waals surface area (Å²) in [4.78, 5) is 28.4. The van der Waals surface area contributed by atoms with Gasteiger partial charge in [-0.25, -0.2) is 4.79 Å². The first-order valence-electron chi connectivity index (χ1n) is 8.16. The minimum absolute atomic E-state index is 0.133. The van der Waals surface area contributed by atoms with Crippen molar-refractivity contribution in [1.82, 2.24) is 0 Å². The molecule has 5 heteroatoms. The van der Waals surface area contributed by atoms with Crippen LogP contribution in [0.5, 0.6) is 0 Å². The molecule has 4 rings (SSSR count). The molecule has 0 spiro atoms. The summed E-state index contributed by atoms with van der Waals surface area (Å²) < 4.78 is 0. The van der Waals surface area contributed by atoms with Crippen LogP contribution in [0.4, 0.5) is 11.4 Å². The molecule has 122 valence electrons. The van der Waals surface area contributed by atoms with Gasteiger partial charge in [0.05, 0.1) is 16.9 Å². The van der Waals surface area contributed by atoms with E-state index < -0.39 is 5.97 Å². The van der Waals surface area contributed by atoms with Gasteiger partial charge in [0.2, 0.25) is 0 Å². The van der Waals surface area contributed by atoms with Gasteiger partial charge >= 0.3 is 5.97 Å². The van der Waals surface area contributed by atoms with Crippen LogP contribution in [0.15, 0.2) is 48.5 Å². The van der Waals surface area contributed by atoms with Crippen molar-refractivity contribution >= 4 is 23.3 Å². The lowest BCUT2D eigenvalue weighted by molar-refractivity contribution is 0.0697. The summed E-state index contributed by atoms with van der Waals surface area (Å²) in [5.74, 6) is -1.16. The van der Waals surface area contributed by atoms with E-state index >= 15 is 0 Å². The Kier molecular flexibility index (Phi) is 3.49. The van der Waals surface area contributed by atoms with Gasteiger partial charge in [-0.2, -0.15) is 0 Å². The molecule has 24 heavy (non-hydrogen) atoms. The van der Waals surface area contributed by atoms with Gasteiger partial charge in [-0.05, 0) is 43.2 Å². The predicted molar refractivity (Wildman–Crippen MR) is 91.9 cm³/mol. The molecule has 2 aliphatic heterocycles. The van der Waals surface area contributed by atoms with Crippen LogP contribution < -0.4 is 9.80 Å². The fourth-order valence-electron chi connectivity index (χ4n) is 3.72. The summed E-state index contributed by atoms with van der Waals surface area (Å²) in [6.07, 6.45) is 2.21. The second kappa shape index (κ2) is 5.67. The lowest BCUT2D eigenvalue weighted by Crippen LogP contribution is -2.48. The molecule has 1 N–H and O–H groups in total. The van der Waals surface area contributed by atoms with E-state index in [1.165, 1.54) is 12.1 Å². The number of hydrogen-bond donors (Lipinski definition) is 1. The smallest absolute Gasteiger partial charge is 0.335 e. The Morgan fingerprint density at radius 1 is 1.00 bits per heavy atom. The quantitative estimate of drug-likeness (QED) is 0.923. The SMILES string of the molecule is O=C(O)c1cccc(C(=O)N2CC3CCCN3c3ccccc32)c1. The molecule has 5 nitrogen and oxygen atoms in total. The van der Waals surface area contributed by atoms with Crippen molar-refractivity contribution in [2.24, 2.45) is 0 Å². The normalized spacial score (nSPS) is 18.9. The summed E-state index contributed by atoms with van der Waals surface area (Å²) in [5, 5.41) is 9.15. The number of amides is 1. The maximum atomic E-state index is 13.0. The van der Waals surface area contributed by atoms with Crippen LogP contribution in [0.1, 0.15) is 33.6 Å². The van der Waals surface area contributed by atoms with E-state index in [9.17, 15) is 9.59 Å². The molecule has 0 saturated carbocycles. The van der Waals surface area contributed by atoms with Gasteiger partial charge in [0.1, 0.15) is 0 Å². The number of aromatic carboxylic acids is 1. The van der Waals surface area contributed by atoms with Crippen molar-refractivity contribution < 1.29 is 14.7 Å². The summed E-state index contributed by atoms with van der Waals surface area (Å²) in [5.41, 5.74) is 2.54. The van der Waals surface area contributed by atoms with E-state index in [0.29, 0.717) is 18.2 Å². The van der Waals surface area contributed by atoms with Crippen molar-refractivity contribution in [3.8, 4) is 0 Å². The van der Waals surface area contributed by atoms with Crippen molar-refractivity contribution in [1.29, 1.82) is 0 Å². The average Bonchev–Trinajstić information content (AvgIpc) is 3.09. The van der Waals surface area contributed by atoms with Crippen LogP contribution in [0.3, 0.4) is 0 Å². The van der Waals surface area contributed by atoms with Gasteiger partial charge in [-0.15, -0.1) is 0 Å². The molecule has 1 fully saturated rings. The fraction of sp³-hybridized carbons (Fsp3) is 0.263. The molecule has 1 amide bonds. The van der Waals surface area contributed by atoms with Crippen molar-refractivity contribution in [3.05, 3.63) is 59.7 Å². The molecule has 0 aliphatic carbocycles. The van der Waals surface area contributed by atoms with Crippen LogP contribution in [-0.2, 0) is 0 Å². The summed E-state index contributed by atoms with van der Waals surface area (Å²) in [7, 11) is 0. The molecule has 2 heterocycles. The zero-order valence-corrected chi connectivity index (χ0v) is 13.2. The van der Waals surface area contributed by atoms with Gasteiger partial charge < -0.3 is 14.9 Å². The number of carboxylic acids is 1. The molecule has 0 bridgehead atoms. The van der Waals surface area contributed by atoms with Crippen LogP contribution in [0.2, 0.25) is 0 Å². The van der Waals surface area contributed by atoms with Crippen LogP contribution in [0.25, 0.3) is 0 Å². The fourth-order valence-corrected chi connectivity index (χ4v) is 3.72. The van der Waals surface area contributed by atoms with Gasteiger partial charge in [-0.3, -0.25) is 4.79 Å². The third-order valence-electron chi connectivity index (χ3n) is 4.85. The third-order valence-corrected chi connectivity index (χ3v) is 4.85. The largest absolute Gasteiger partial charge is 0.478 e. The van der Waals surface area contributed by atoms with Crippen molar-refractivity contribution in [2.75, 3.05) is 22.9 Å².